The van der Waals surface area contributed by atoms with Gasteiger partial charge in [-0.15, -0.1) is 0 Å². The van der Waals surface area contributed by atoms with Gasteiger partial charge in [0.25, 0.3) is 0 Å². The molecule has 0 radical (unpaired) electrons. The van der Waals surface area contributed by atoms with Crippen LogP contribution in [0.15, 0.2) is 24.8 Å². The van der Waals surface area contributed by atoms with Gasteiger partial charge in [-0.2, -0.15) is 0 Å². The Morgan fingerprint density at radius 3 is 2.64 bits per heavy atom. The molecule has 0 saturated heterocycles. The fourth-order valence-corrected chi connectivity index (χ4v) is 1.02. The summed E-state index contributed by atoms with van der Waals surface area (Å²) in [5.41, 5.74) is 0. The van der Waals surface area contributed by atoms with Gasteiger partial charge in [0.2, 0.25) is 0 Å². The van der Waals surface area contributed by atoms with Crippen molar-refractivity contribution in [3.8, 4) is 0 Å². The molecule has 0 nitrogen and oxygen atoms in total. The van der Waals surface area contributed by atoms with Gasteiger partial charge in [0, 0.05) is 0 Å². The van der Waals surface area contributed by atoms with Crippen LogP contribution in [0.25, 0.3) is 0 Å². The molecular formula is C11H20. The Kier molecular flexibility index (Phi) is 7.39. The molecule has 0 N–H and O–H groups in total. The fourth-order valence-electron chi connectivity index (χ4n) is 1.02. The number of hydrogen-bond acceptors (Lipinski definition) is 0. The summed E-state index contributed by atoms with van der Waals surface area (Å²) in [7, 11) is 0. The molecule has 0 bridgehead atoms. The van der Waals surface area contributed by atoms with E-state index >= 15 is 0 Å². The molecule has 0 aliphatic heterocycles. The summed E-state index contributed by atoms with van der Waals surface area (Å²) in [5, 5.41) is 0. The zero-order chi connectivity index (χ0) is 9.23. The molecule has 0 aromatic carbocycles. The molecule has 64 valence electrons. The van der Waals surface area contributed by atoms with Crippen molar-refractivity contribution < 1.29 is 1.37 Å². The minimum absolute atomic E-state index is 0.561. The van der Waals surface area contributed by atoms with Crippen LogP contribution in [-0.2, 0) is 0 Å². The van der Waals surface area contributed by atoms with Gasteiger partial charge in [0.1, 0.15) is 0 Å². The van der Waals surface area contributed by atoms with Crippen molar-refractivity contribution in [3.05, 3.63) is 24.8 Å². The van der Waals surface area contributed by atoms with Crippen molar-refractivity contribution in [2.45, 2.75) is 45.4 Å². The van der Waals surface area contributed by atoms with Crippen LogP contribution in [0.1, 0.15) is 46.8 Å². The topological polar surface area (TPSA) is 0 Å². The van der Waals surface area contributed by atoms with E-state index in [-0.39, 0.29) is 0 Å². The van der Waals surface area contributed by atoms with Crippen LogP contribution in [0.5, 0.6) is 0 Å². The van der Waals surface area contributed by atoms with E-state index < -0.39 is 0 Å². The third-order valence-corrected chi connectivity index (χ3v) is 1.69. The largest absolute Gasteiger partial charge is 0.0991 e. The first-order valence-corrected chi connectivity index (χ1v) is 4.60. The molecule has 0 rings (SSSR count). The van der Waals surface area contributed by atoms with Crippen LogP contribution in [0.4, 0.5) is 0 Å². The van der Waals surface area contributed by atoms with E-state index in [0.29, 0.717) is 6.05 Å². The van der Waals surface area contributed by atoms with E-state index in [2.05, 4.69) is 13.5 Å². The van der Waals surface area contributed by atoms with Crippen molar-refractivity contribution in [1.29, 1.82) is 0 Å². The minimum Gasteiger partial charge on any atom is -0.0991 e. The maximum absolute atomic E-state index is 7.28. The lowest BCUT2D eigenvalue weighted by Gasteiger charge is -1.95. The second kappa shape index (κ2) is 9.48. The van der Waals surface area contributed by atoms with E-state index in [0.717, 1.165) is 6.42 Å². The molecule has 0 spiro atoms. The molecule has 0 aromatic heterocycles. The number of rotatable bonds is 7. The monoisotopic (exact) mass is 153 g/mol. The highest BCUT2D eigenvalue weighted by atomic mass is 13.9. The van der Waals surface area contributed by atoms with Crippen LogP contribution < -0.4 is 0 Å². The van der Waals surface area contributed by atoms with E-state index in [9.17, 15) is 0 Å². The first-order chi connectivity index (χ1) is 5.81. The highest BCUT2D eigenvalue weighted by Crippen LogP contribution is 2.04. The number of unbranched alkanes of at least 4 members (excludes halogenated alkanes) is 5. The summed E-state index contributed by atoms with van der Waals surface area (Å²) in [4.78, 5) is 0. The molecule has 0 fully saturated rings. The minimum atomic E-state index is 0.561. The molecule has 0 saturated carbocycles. The Hall–Kier alpha value is -0.520. The molecule has 0 atom stereocenters. The number of allylic oxidation sites excluding steroid dienone is 3. The van der Waals surface area contributed by atoms with Gasteiger partial charge in [-0.3, -0.25) is 0 Å². The average molecular weight is 153 g/mol. The Labute approximate surface area is 72.4 Å². The molecule has 0 heteroatoms. The molecule has 0 amide bonds. The van der Waals surface area contributed by atoms with Crippen molar-refractivity contribution >= 4 is 0 Å². The lowest BCUT2D eigenvalue weighted by Crippen LogP contribution is -1.75. The van der Waals surface area contributed by atoms with Crippen molar-refractivity contribution in [1.82, 2.24) is 0 Å². The summed E-state index contributed by atoms with van der Waals surface area (Å²) < 4.78 is 7.28. The molecule has 0 aliphatic rings. The molecule has 0 unspecified atom stereocenters. The van der Waals surface area contributed by atoms with Crippen molar-refractivity contribution in [2.24, 2.45) is 0 Å². The highest BCUT2D eigenvalue weighted by molar-refractivity contribution is 4.96. The van der Waals surface area contributed by atoms with Crippen molar-refractivity contribution in [2.75, 3.05) is 0 Å². The summed E-state index contributed by atoms with van der Waals surface area (Å²) in [6.45, 7) is 5.75. The van der Waals surface area contributed by atoms with Crippen LogP contribution in [-0.4, -0.2) is 0 Å². The van der Waals surface area contributed by atoms with Gasteiger partial charge in [0.05, 0.1) is 1.37 Å². The van der Waals surface area contributed by atoms with Crippen LogP contribution >= 0.6 is 0 Å². The number of hydrogen-bond donors (Lipinski definition) is 0. The molecule has 0 aromatic rings. The normalized spacial score (nSPS) is 12.8. The Morgan fingerprint density at radius 1 is 1.27 bits per heavy atom. The van der Waals surface area contributed by atoms with Crippen LogP contribution in [0.2, 0.25) is 0 Å². The van der Waals surface area contributed by atoms with Gasteiger partial charge in [-0.25, -0.2) is 0 Å². The third kappa shape index (κ3) is 9.48. The van der Waals surface area contributed by atoms with E-state index in [4.69, 9.17) is 1.37 Å². The van der Waals surface area contributed by atoms with Gasteiger partial charge in [0.15, 0.2) is 0 Å². The lowest BCUT2D eigenvalue weighted by atomic mass is 10.1. The fraction of sp³-hybridized carbons (Fsp3) is 0.636. The summed E-state index contributed by atoms with van der Waals surface area (Å²) in [5.74, 6) is 0. The first-order valence-electron chi connectivity index (χ1n) is 5.10. The third-order valence-electron chi connectivity index (χ3n) is 1.69. The van der Waals surface area contributed by atoms with Crippen molar-refractivity contribution in [3.63, 3.8) is 0 Å². The molecule has 0 aliphatic carbocycles. The highest BCUT2D eigenvalue weighted by Gasteiger charge is 1.85. The van der Waals surface area contributed by atoms with E-state index in [1.807, 2.05) is 6.08 Å². The van der Waals surface area contributed by atoms with Crippen LogP contribution in [0, 0.1) is 0 Å². The molecular weight excluding hydrogens is 132 g/mol. The Morgan fingerprint density at radius 2 is 2.00 bits per heavy atom. The van der Waals surface area contributed by atoms with Gasteiger partial charge in [-0.1, -0.05) is 57.4 Å². The first kappa shape index (κ1) is 8.58. The standard InChI is InChI=1S/C11H20/c1-3-5-7-9-11-10-8-6-4-2/h3,5,7H,1,4,6,8-11H2,2H3/b7-5+/i5D. The smallest absolute Gasteiger partial charge is 0.0619 e. The second-order valence-corrected chi connectivity index (χ2v) is 2.78. The van der Waals surface area contributed by atoms with Gasteiger partial charge in [-0.05, 0) is 12.8 Å². The SMILES string of the molecule is [2H]/C(C=C)=C\CCCCCCC. The van der Waals surface area contributed by atoms with Gasteiger partial charge >= 0.3 is 0 Å². The van der Waals surface area contributed by atoms with Crippen LogP contribution in [0.3, 0.4) is 0 Å². The average Bonchev–Trinajstić information content (AvgIpc) is 2.10. The summed E-state index contributed by atoms with van der Waals surface area (Å²) >= 11 is 0. The predicted octanol–water partition coefficient (Wildman–Crippen LogP) is 4.09. The summed E-state index contributed by atoms with van der Waals surface area (Å²) in [6, 6.07) is 0.561. The molecule has 0 heterocycles. The summed E-state index contributed by atoms with van der Waals surface area (Å²) in [6.07, 6.45) is 11.1. The predicted molar refractivity (Wildman–Crippen MR) is 52.7 cm³/mol. The lowest BCUT2D eigenvalue weighted by molar-refractivity contribution is 0.637. The Bertz CT molecular complexity index is 136. The zero-order valence-electron chi connectivity index (χ0n) is 8.60. The van der Waals surface area contributed by atoms with E-state index in [1.54, 1.807) is 6.08 Å². The Balaban J connectivity index is 3.15. The quantitative estimate of drug-likeness (QED) is 0.382. The van der Waals surface area contributed by atoms with Gasteiger partial charge < -0.3 is 0 Å². The zero-order valence-corrected chi connectivity index (χ0v) is 7.60. The maximum Gasteiger partial charge on any atom is 0.0619 e. The maximum atomic E-state index is 7.28. The second-order valence-electron chi connectivity index (χ2n) is 2.78. The van der Waals surface area contributed by atoms with E-state index in [1.165, 1.54) is 32.1 Å². The molecule has 11 heavy (non-hydrogen) atoms.